The van der Waals surface area contributed by atoms with Gasteiger partial charge in [-0.15, -0.1) is 0 Å². The normalized spacial score (nSPS) is 20.9. The Hall–Kier alpha value is -4.23. The Labute approximate surface area is 213 Å². The molecule has 0 unspecified atom stereocenters. The van der Waals surface area contributed by atoms with Crippen LogP contribution in [-0.4, -0.2) is 68.0 Å². The van der Waals surface area contributed by atoms with Crippen LogP contribution in [0.15, 0.2) is 36.7 Å². The lowest BCUT2D eigenvalue weighted by Crippen LogP contribution is -2.60. The van der Waals surface area contributed by atoms with Gasteiger partial charge in [0.2, 0.25) is 5.91 Å². The highest BCUT2D eigenvalue weighted by molar-refractivity contribution is 6.40. The third-order valence-electron chi connectivity index (χ3n) is 7.18. The number of aromatic amines is 1. The number of alkyl halides is 3. The molecule has 3 heterocycles. The highest BCUT2D eigenvalue weighted by Crippen LogP contribution is 2.59. The van der Waals surface area contributed by atoms with E-state index in [-0.39, 0.29) is 37.4 Å². The fourth-order valence-electron chi connectivity index (χ4n) is 4.83. The minimum Gasteiger partial charge on any atom is -0.383 e. The molecule has 4 N–H and O–H groups in total. The summed E-state index contributed by atoms with van der Waals surface area (Å²) in [5.41, 5.74) is 4.21. The quantitative estimate of drug-likeness (QED) is 0.350. The molecular formula is C24H23F4N7O3. The molecule has 3 aromatic rings. The van der Waals surface area contributed by atoms with Crippen molar-refractivity contribution in [3.63, 3.8) is 0 Å². The number of rotatable bonds is 3. The molecule has 0 spiro atoms. The number of pyridine rings is 1. The molecule has 10 nitrogen and oxygen atoms in total. The summed E-state index contributed by atoms with van der Waals surface area (Å²) >= 11 is 0. The van der Waals surface area contributed by atoms with E-state index < -0.39 is 47.2 Å². The molecule has 14 heteroatoms. The van der Waals surface area contributed by atoms with E-state index in [9.17, 15) is 31.9 Å². The summed E-state index contributed by atoms with van der Waals surface area (Å²) in [5.74, 6) is -3.48. The minimum absolute atomic E-state index is 0.145. The maximum Gasteiger partial charge on any atom is 0.403 e. The smallest absolute Gasteiger partial charge is 0.383 e. The van der Waals surface area contributed by atoms with Crippen LogP contribution in [0.4, 0.5) is 29.1 Å². The van der Waals surface area contributed by atoms with Gasteiger partial charge in [0, 0.05) is 19.1 Å². The number of nitrogen functional groups attached to an aromatic ring is 1. The fraction of sp³-hybridized carbons (Fsp3) is 0.375. The predicted molar refractivity (Wildman–Crippen MR) is 127 cm³/mol. The van der Waals surface area contributed by atoms with Crippen molar-refractivity contribution in [3.05, 3.63) is 48.0 Å². The van der Waals surface area contributed by atoms with Gasteiger partial charge in [0.25, 0.3) is 0 Å². The summed E-state index contributed by atoms with van der Waals surface area (Å²) < 4.78 is 54.7. The standard InChI is InChI=1S/C24H23F4N7O3/c1-12-10-35(21(37)20(36)32-16-9-30-19(29)15-8-31-33-18(15)16)17(13-2-4-14(25)5-3-13)11-34(12)22(38)23(6-7-23)24(26,27)28/h2-5,8-9,12,17H,6-7,10-11H2,1H3,(H2,29,30)(H,31,33)(H,32,36)/t12-,17-/m1/s1. The van der Waals surface area contributed by atoms with Crippen LogP contribution < -0.4 is 11.1 Å². The number of carbonyl (C=O) groups is 3. The molecule has 1 aromatic carbocycles. The Kier molecular flexibility index (Phi) is 5.99. The monoisotopic (exact) mass is 533 g/mol. The predicted octanol–water partition coefficient (Wildman–Crippen LogP) is 2.76. The van der Waals surface area contributed by atoms with Gasteiger partial charge in [-0.25, -0.2) is 9.37 Å². The second-order valence-electron chi connectivity index (χ2n) is 9.58. The topological polar surface area (TPSA) is 137 Å². The molecule has 200 valence electrons. The van der Waals surface area contributed by atoms with Gasteiger partial charge in [-0.2, -0.15) is 18.3 Å². The molecule has 5 rings (SSSR count). The van der Waals surface area contributed by atoms with Crippen LogP contribution in [0.2, 0.25) is 0 Å². The van der Waals surface area contributed by atoms with Gasteiger partial charge < -0.3 is 20.9 Å². The van der Waals surface area contributed by atoms with Gasteiger partial charge >= 0.3 is 18.0 Å². The maximum atomic E-state index is 13.7. The van der Waals surface area contributed by atoms with E-state index in [1.807, 2.05) is 0 Å². The molecule has 3 amide bonds. The van der Waals surface area contributed by atoms with Crippen LogP contribution in [0.5, 0.6) is 0 Å². The van der Waals surface area contributed by atoms with E-state index in [1.165, 1.54) is 36.4 Å². The van der Waals surface area contributed by atoms with Crippen LogP contribution in [-0.2, 0) is 14.4 Å². The van der Waals surface area contributed by atoms with Crippen molar-refractivity contribution in [2.75, 3.05) is 24.1 Å². The van der Waals surface area contributed by atoms with Crippen molar-refractivity contribution in [3.8, 4) is 0 Å². The number of hydrogen-bond donors (Lipinski definition) is 3. The lowest BCUT2D eigenvalue weighted by atomic mass is 9.96. The average Bonchev–Trinajstić information content (AvgIpc) is 3.55. The Morgan fingerprint density at radius 2 is 1.79 bits per heavy atom. The van der Waals surface area contributed by atoms with Gasteiger partial charge in [-0.3, -0.25) is 19.5 Å². The zero-order valence-corrected chi connectivity index (χ0v) is 20.1. The molecule has 1 saturated carbocycles. The summed E-state index contributed by atoms with van der Waals surface area (Å²) in [7, 11) is 0. The Morgan fingerprint density at radius 1 is 1.11 bits per heavy atom. The molecule has 2 fully saturated rings. The number of piperazine rings is 1. The van der Waals surface area contributed by atoms with Crippen LogP contribution >= 0.6 is 0 Å². The van der Waals surface area contributed by atoms with Crippen molar-refractivity contribution in [2.24, 2.45) is 5.41 Å². The van der Waals surface area contributed by atoms with Gasteiger partial charge in [0.05, 0.1) is 35.0 Å². The van der Waals surface area contributed by atoms with Crippen molar-refractivity contribution < 1.29 is 31.9 Å². The second kappa shape index (κ2) is 8.96. The highest BCUT2D eigenvalue weighted by atomic mass is 19.4. The molecule has 1 aliphatic carbocycles. The lowest BCUT2D eigenvalue weighted by Gasteiger charge is -2.46. The molecule has 1 aliphatic heterocycles. The maximum absolute atomic E-state index is 13.7. The van der Waals surface area contributed by atoms with Crippen molar-refractivity contribution >= 4 is 40.1 Å². The fourth-order valence-corrected chi connectivity index (χ4v) is 4.83. The highest BCUT2D eigenvalue weighted by Gasteiger charge is 2.70. The Morgan fingerprint density at radius 3 is 2.42 bits per heavy atom. The van der Waals surface area contributed by atoms with Gasteiger partial charge in [0.1, 0.15) is 17.1 Å². The van der Waals surface area contributed by atoms with E-state index in [0.717, 1.165) is 17.0 Å². The number of H-pyrrole nitrogens is 1. The first-order valence-electron chi connectivity index (χ1n) is 11.8. The van der Waals surface area contributed by atoms with Gasteiger partial charge in [-0.05, 0) is 37.5 Å². The molecular weight excluding hydrogens is 510 g/mol. The number of halogens is 4. The number of benzene rings is 1. The van der Waals surface area contributed by atoms with E-state index in [1.54, 1.807) is 0 Å². The molecule has 0 bridgehead atoms. The van der Waals surface area contributed by atoms with Crippen molar-refractivity contribution in [1.29, 1.82) is 0 Å². The summed E-state index contributed by atoms with van der Waals surface area (Å²) in [5, 5.41) is 9.43. The van der Waals surface area contributed by atoms with E-state index in [2.05, 4.69) is 20.5 Å². The van der Waals surface area contributed by atoms with Gasteiger partial charge in [0.15, 0.2) is 0 Å². The van der Waals surface area contributed by atoms with Crippen molar-refractivity contribution in [1.82, 2.24) is 25.0 Å². The number of fused-ring (bicyclic) bond motifs is 1. The van der Waals surface area contributed by atoms with E-state index in [0.29, 0.717) is 16.5 Å². The summed E-state index contributed by atoms with van der Waals surface area (Å²) in [4.78, 5) is 45.7. The Bertz CT molecular complexity index is 1420. The van der Waals surface area contributed by atoms with Crippen LogP contribution in [0.25, 0.3) is 10.9 Å². The van der Waals surface area contributed by atoms with Gasteiger partial charge in [-0.1, -0.05) is 12.1 Å². The molecule has 2 atom stereocenters. The number of carbonyl (C=O) groups excluding carboxylic acids is 3. The first kappa shape index (κ1) is 25.4. The number of nitrogens with zero attached hydrogens (tertiary/aromatic N) is 4. The number of hydrogen-bond acceptors (Lipinski definition) is 6. The summed E-state index contributed by atoms with van der Waals surface area (Å²) in [6.45, 7) is 1.01. The van der Waals surface area contributed by atoms with E-state index >= 15 is 0 Å². The number of amides is 3. The third-order valence-corrected chi connectivity index (χ3v) is 7.18. The molecule has 2 aromatic heterocycles. The minimum atomic E-state index is -4.70. The summed E-state index contributed by atoms with van der Waals surface area (Å²) in [6, 6.07) is 3.20. The third kappa shape index (κ3) is 4.19. The number of anilines is 2. The van der Waals surface area contributed by atoms with Crippen molar-refractivity contribution in [2.45, 2.75) is 38.0 Å². The van der Waals surface area contributed by atoms with Crippen LogP contribution in [0, 0.1) is 11.2 Å². The first-order chi connectivity index (χ1) is 17.9. The average molecular weight is 533 g/mol. The lowest BCUT2D eigenvalue weighted by molar-refractivity contribution is -0.201. The SMILES string of the molecule is C[C@@H]1CN(C(=O)C(=O)Nc2cnc(N)c3cn[nH]c23)[C@@H](c2ccc(F)cc2)CN1C(=O)C1(C(F)(F)F)CC1. The second-order valence-corrected chi connectivity index (χ2v) is 9.58. The molecule has 0 radical (unpaired) electrons. The number of nitrogens with two attached hydrogens (primary N) is 1. The molecule has 1 saturated heterocycles. The molecule has 38 heavy (non-hydrogen) atoms. The number of aromatic nitrogens is 3. The first-order valence-corrected chi connectivity index (χ1v) is 11.8. The largest absolute Gasteiger partial charge is 0.403 e. The molecule has 2 aliphatic rings. The summed E-state index contributed by atoms with van der Waals surface area (Å²) in [6.07, 6.45) is -2.65. The number of nitrogens with one attached hydrogen (secondary N) is 2. The van der Waals surface area contributed by atoms with Crippen LogP contribution in [0.1, 0.15) is 31.4 Å². The zero-order chi connectivity index (χ0) is 27.4. The Balaban J connectivity index is 1.43. The van der Waals surface area contributed by atoms with Crippen LogP contribution in [0.3, 0.4) is 0 Å². The zero-order valence-electron chi connectivity index (χ0n) is 20.1. The van der Waals surface area contributed by atoms with E-state index in [4.69, 9.17) is 5.73 Å².